The highest BCUT2D eigenvalue weighted by Crippen LogP contribution is 2.34. The molecule has 8 heteroatoms. The minimum absolute atomic E-state index is 0.0146. The van der Waals surface area contributed by atoms with Gasteiger partial charge in [0.25, 0.3) is 11.8 Å². The van der Waals surface area contributed by atoms with Gasteiger partial charge < -0.3 is 15.2 Å². The van der Waals surface area contributed by atoms with Gasteiger partial charge in [-0.15, -0.1) is 11.3 Å². The van der Waals surface area contributed by atoms with E-state index < -0.39 is 0 Å². The number of nitrogens with one attached hydrogen (secondary N) is 2. The number of rotatable bonds is 5. The summed E-state index contributed by atoms with van der Waals surface area (Å²) in [5.74, 6) is 1.99. The monoisotopic (exact) mass is 512 g/mol. The number of carbonyl (C=O) groups is 2. The molecule has 35 heavy (non-hydrogen) atoms. The molecule has 4 rings (SSSR count). The Morgan fingerprint density at radius 1 is 1.26 bits per heavy atom. The van der Waals surface area contributed by atoms with Crippen LogP contribution in [0.3, 0.4) is 0 Å². The molecule has 1 unspecified atom stereocenters. The highest BCUT2D eigenvalue weighted by atomic mass is 32.2. The first-order valence-corrected chi connectivity index (χ1v) is 14.3. The number of aromatic nitrogens is 1. The first-order chi connectivity index (χ1) is 16.6. The quantitative estimate of drug-likeness (QED) is 0.535. The molecule has 2 amide bonds. The fourth-order valence-electron chi connectivity index (χ4n) is 4.09. The van der Waals surface area contributed by atoms with Gasteiger partial charge in [-0.05, 0) is 43.4 Å². The van der Waals surface area contributed by atoms with Crippen molar-refractivity contribution in [3.8, 4) is 0 Å². The second-order valence-corrected chi connectivity index (χ2v) is 12.7. The van der Waals surface area contributed by atoms with Gasteiger partial charge in [0.15, 0.2) is 0 Å². The van der Waals surface area contributed by atoms with Crippen LogP contribution in [0.15, 0.2) is 28.9 Å². The number of allylic oxidation sites excluding steroid dienone is 2. The van der Waals surface area contributed by atoms with Crippen LogP contribution in [0.1, 0.15) is 77.2 Å². The van der Waals surface area contributed by atoms with E-state index in [-0.39, 0.29) is 23.3 Å². The topological polar surface area (TPSA) is 77.6 Å². The molecule has 2 aromatic heterocycles. The van der Waals surface area contributed by atoms with Crippen LogP contribution in [0.4, 0.5) is 5.69 Å². The summed E-state index contributed by atoms with van der Waals surface area (Å²) >= 11 is 3.41. The van der Waals surface area contributed by atoms with E-state index in [9.17, 15) is 9.59 Å². The van der Waals surface area contributed by atoms with Crippen molar-refractivity contribution in [2.24, 2.45) is 10.4 Å². The van der Waals surface area contributed by atoms with Crippen LogP contribution in [0.2, 0.25) is 0 Å². The van der Waals surface area contributed by atoms with Gasteiger partial charge in [0.2, 0.25) is 0 Å². The van der Waals surface area contributed by atoms with E-state index in [4.69, 9.17) is 4.99 Å². The molecule has 2 N–H and O–H groups in total. The van der Waals surface area contributed by atoms with Gasteiger partial charge in [-0.2, -0.15) is 11.8 Å². The van der Waals surface area contributed by atoms with E-state index in [1.54, 1.807) is 6.20 Å². The second-order valence-electron chi connectivity index (χ2n) is 10.4. The molecule has 2 aliphatic rings. The molecule has 0 saturated carbocycles. The Labute approximate surface area is 216 Å². The van der Waals surface area contributed by atoms with E-state index >= 15 is 0 Å². The Bertz CT molecular complexity index is 1180. The lowest BCUT2D eigenvalue weighted by Gasteiger charge is -2.28. The summed E-state index contributed by atoms with van der Waals surface area (Å²) in [7, 11) is 0. The lowest BCUT2D eigenvalue weighted by Crippen LogP contribution is -2.41. The van der Waals surface area contributed by atoms with Gasteiger partial charge >= 0.3 is 0 Å². The van der Waals surface area contributed by atoms with Crippen molar-refractivity contribution in [3.05, 3.63) is 50.5 Å². The number of hydrogen-bond donors (Lipinski definition) is 2. The Balaban J connectivity index is 1.69. The zero-order valence-electron chi connectivity index (χ0n) is 21.6. The number of aryl methyl sites for hydroxylation is 1. The lowest BCUT2D eigenvalue weighted by atomic mass is 9.88. The molecule has 0 radical (unpaired) electrons. The predicted molar refractivity (Wildman–Crippen MR) is 148 cm³/mol. The standard InChI is InChI=1S/C27H36N4O2S2/c1-7-18-13-20(22-12-16(2)24(35-22)26(33)31-8-10-34-11-9-31)30-23-19(15-28-21(23)14-18)25(32)29-17(3)27(4,5)6/h12-13,15,17,28H,7-11,14H2,1-6H3,(H,29,32). The fourth-order valence-corrected chi connectivity index (χ4v) is 6.10. The van der Waals surface area contributed by atoms with E-state index in [1.165, 1.54) is 16.9 Å². The first kappa shape index (κ1) is 25.8. The summed E-state index contributed by atoms with van der Waals surface area (Å²) in [5.41, 5.74) is 5.22. The number of thiophene rings is 1. The van der Waals surface area contributed by atoms with E-state index in [0.717, 1.165) is 64.2 Å². The maximum atomic E-state index is 13.2. The Hall–Kier alpha value is -2.32. The largest absolute Gasteiger partial charge is 0.362 e. The molecule has 0 aromatic carbocycles. The van der Waals surface area contributed by atoms with Crippen molar-refractivity contribution in [2.75, 3.05) is 24.6 Å². The minimum Gasteiger partial charge on any atom is -0.362 e. The van der Waals surface area contributed by atoms with Gasteiger partial charge in [-0.1, -0.05) is 33.3 Å². The van der Waals surface area contributed by atoms with Gasteiger partial charge in [0.05, 0.1) is 26.7 Å². The van der Waals surface area contributed by atoms with Gasteiger partial charge in [0, 0.05) is 48.9 Å². The number of nitrogens with zero attached hydrogens (tertiary/aromatic N) is 2. The number of aromatic amines is 1. The summed E-state index contributed by atoms with van der Waals surface area (Å²) < 4.78 is 0. The Morgan fingerprint density at radius 2 is 1.97 bits per heavy atom. The number of H-pyrrole nitrogens is 1. The zero-order chi connectivity index (χ0) is 25.3. The summed E-state index contributed by atoms with van der Waals surface area (Å²) in [6, 6.07) is 2.08. The SMILES string of the molecule is CCC1=CC(c2cc(C)c(C(=O)N3CCSCC3)s2)=Nc2c(C(=O)NC(C)C(C)(C)C)c[nH]c2C1. The smallest absolute Gasteiger partial charge is 0.264 e. The number of thioether (sulfide) groups is 1. The molecular weight excluding hydrogens is 476 g/mol. The molecule has 1 saturated heterocycles. The molecule has 0 spiro atoms. The molecule has 0 aliphatic carbocycles. The average molecular weight is 513 g/mol. The van der Waals surface area contributed by atoms with Crippen molar-refractivity contribution < 1.29 is 9.59 Å². The third-order valence-corrected chi connectivity index (χ3v) is 9.11. The van der Waals surface area contributed by atoms with Crippen LogP contribution < -0.4 is 5.32 Å². The van der Waals surface area contributed by atoms with Crippen LogP contribution in [0.25, 0.3) is 0 Å². The van der Waals surface area contributed by atoms with Crippen molar-refractivity contribution in [3.63, 3.8) is 0 Å². The van der Waals surface area contributed by atoms with Crippen molar-refractivity contribution >= 4 is 46.3 Å². The minimum atomic E-state index is -0.117. The van der Waals surface area contributed by atoms with Crippen molar-refractivity contribution in [2.45, 2.75) is 60.4 Å². The molecular formula is C27H36N4O2S2. The van der Waals surface area contributed by atoms with Crippen LogP contribution >= 0.6 is 23.1 Å². The Kier molecular flexibility index (Phi) is 7.62. The number of aliphatic imine (C=N–C) groups is 1. The molecule has 2 aliphatic heterocycles. The number of fused-ring (bicyclic) bond motifs is 1. The molecule has 4 heterocycles. The number of hydrogen-bond acceptors (Lipinski definition) is 5. The fraction of sp³-hybridized carbons (Fsp3) is 0.519. The van der Waals surface area contributed by atoms with Crippen LogP contribution in [0.5, 0.6) is 0 Å². The normalized spacial score (nSPS) is 17.3. The summed E-state index contributed by atoms with van der Waals surface area (Å²) in [6.45, 7) is 14.1. The predicted octanol–water partition coefficient (Wildman–Crippen LogP) is 5.75. The third kappa shape index (κ3) is 5.59. The van der Waals surface area contributed by atoms with Crippen LogP contribution in [-0.4, -0.2) is 58.0 Å². The van der Waals surface area contributed by atoms with E-state index in [2.05, 4.69) is 50.1 Å². The molecule has 1 fully saturated rings. The zero-order valence-corrected chi connectivity index (χ0v) is 23.2. The van der Waals surface area contributed by atoms with E-state index in [0.29, 0.717) is 11.3 Å². The second kappa shape index (κ2) is 10.3. The molecule has 0 bridgehead atoms. The molecule has 2 aromatic rings. The summed E-state index contributed by atoms with van der Waals surface area (Å²) in [5, 5.41) is 3.14. The summed E-state index contributed by atoms with van der Waals surface area (Å²) in [6.07, 6.45) is 5.52. The van der Waals surface area contributed by atoms with Crippen molar-refractivity contribution in [1.29, 1.82) is 0 Å². The summed E-state index contributed by atoms with van der Waals surface area (Å²) in [4.78, 5) is 38.4. The maximum Gasteiger partial charge on any atom is 0.264 e. The first-order valence-electron chi connectivity index (χ1n) is 12.4. The highest BCUT2D eigenvalue weighted by Gasteiger charge is 2.27. The average Bonchev–Trinajstić information content (AvgIpc) is 3.35. The number of amides is 2. The van der Waals surface area contributed by atoms with Gasteiger partial charge in [0.1, 0.15) is 0 Å². The molecule has 1 atom stereocenters. The third-order valence-electron chi connectivity index (χ3n) is 6.92. The van der Waals surface area contributed by atoms with Crippen LogP contribution in [-0.2, 0) is 6.42 Å². The van der Waals surface area contributed by atoms with Crippen molar-refractivity contribution in [1.82, 2.24) is 15.2 Å². The Morgan fingerprint density at radius 3 is 2.63 bits per heavy atom. The van der Waals surface area contributed by atoms with Gasteiger partial charge in [-0.25, -0.2) is 4.99 Å². The van der Waals surface area contributed by atoms with E-state index in [1.807, 2.05) is 30.5 Å². The van der Waals surface area contributed by atoms with Gasteiger partial charge in [-0.3, -0.25) is 9.59 Å². The number of carbonyl (C=O) groups excluding carboxylic acids is 2. The highest BCUT2D eigenvalue weighted by molar-refractivity contribution is 7.99. The molecule has 6 nitrogen and oxygen atoms in total. The lowest BCUT2D eigenvalue weighted by molar-refractivity contribution is 0.0776. The maximum absolute atomic E-state index is 13.2. The van der Waals surface area contributed by atoms with Crippen LogP contribution in [0, 0.1) is 12.3 Å². The molecule has 188 valence electrons.